The first-order valence-electron chi connectivity index (χ1n) is 9.99. The van der Waals surface area contributed by atoms with E-state index in [0.717, 1.165) is 24.5 Å². The molecule has 0 aliphatic heterocycles. The van der Waals surface area contributed by atoms with Crippen molar-refractivity contribution in [2.45, 2.75) is 13.8 Å². The first-order valence-corrected chi connectivity index (χ1v) is 10.4. The van der Waals surface area contributed by atoms with E-state index in [2.05, 4.69) is 40.9 Å². The highest BCUT2D eigenvalue weighted by Crippen LogP contribution is 2.41. The van der Waals surface area contributed by atoms with E-state index in [-0.39, 0.29) is 16.5 Å². The van der Waals surface area contributed by atoms with Crippen molar-refractivity contribution in [3.05, 3.63) is 77.6 Å². The summed E-state index contributed by atoms with van der Waals surface area (Å²) in [6.07, 6.45) is 4.58. The van der Waals surface area contributed by atoms with Crippen LogP contribution in [-0.4, -0.2) is 29.1 Å². The summed E-state index contributed by atoms with van der Waals surface area (Å²) >= 11 is 6.37. The smallest absolute Gasteiger partial charge is 0.257 e. The quantitative estimate of drug-likeness (QED) is 0.301. The van der Waals surface area contributed by atoms with Gasteiger partial charge in [0.15, 0.2) is 5.75 Å². The number of aromatic nitrogens is 1. The molecule has 3 N–H and O–H groups in total. The first kappa shape index (κ1) is 22.2. The average molecular weight is 437 g/mol. The normalized spacial score (nSPS) is 10.4. The number of pyridine rings is 1. The van der Waals surface area contributed by atoms with Gasteiger partial charge in [-0.3, -0.25) is 9.78 Å². The highest BCUT2D eigenvalue weighted by Gasteiger charge is 2.17. The maximum atomic E-state index is 12.5. The third-order valence-corrected chi connectivity index (χ3v) is 5.31. The molecule has 0 spiro atoms. The Kier molecular flexibility index (Phi) is 7.15. The molecule has 0 fully saturated rings. The maximum Gasteiger partial charge on any atom is 0.257 e. The third kappa shape index (κ3) is 4.98. The number of anilines is 4. The van der Waals surface area contributed by atoms with E-state index in [4.69, 9.17) is 11.6 Å². The fourth-order valence-electron chi connectivity index (χ4n) is 3.24. The number of amides is 1. The third-order valence-electron chi connectivity index (χ3n) is 4.93. The lowest BCUT2D eigenvalue weighted by Gasteiger charge is -2.21. The van der Waals surface area contributed by atoms with E-state index in [1.807, 2.05) is 24.3 Å². The van der Waals surface area contributed by atoms with E-state index in [0.29, 0.717) is 16.8 Å². The van der Waals surface area contributed by atoms with Crippen LogP contribution in [0.5, 0.6) is 5.75 Å². The number of carbonyl (C=O) groups is 1. The monoisotopic (exact) mass is 436 g/mol. The molecule has 0 saturated heterocycles. The SMILES string of the molecule is C=Cc1c(Nc2ccc(N(CC)CC)cc2)cc(NC(=O)c2cccnc2)c(O)c1Cl. The van der Waals surface area contributed by atoms with Gasteiger partial charge >= 0.3 is 0 Å². The lowest BCUT2D eigenvalue weighted by atomic mass is 10.1. The molecule has 0 unspecified atom stereocenters. The number of nitrogens with one attached hydrogen (secondary N) is 2. The summed E-state index contributed by atoms with van der Waals surface area (Å²) in [5.74, 6) is -0.628. The minimum absolute atomic E-state index is 0.0984. The summed E-state index contributed by atoms with van der Waals surface area (Å²) in [6.45, 7) is 9.88. The molecule has 3 aromatic rings. The van der Waals surface area contributed by atoms with Crippen LogP contribution >= 0.6 is 11.6 Å². The molecule has 3 rings (SSSR count). The lowest BCUT2D eigenvalue weighted by Crippen LogP contribution is -2.21. The molecule has 0 bridgehead atoms. The molecule has 0 atom stereocenters. The number of hydrogen-bond donors (Lipinski definition) is 3. The van der Waals surface area contributed by atoms with Gasteiger partial charge in [-0.15, -0.1) is 0 Å². The van der Waals surface area contributed by atoms with Gasteiger partial charge in [0.2, 0.25) is 0 Å². The van der Waals surface area contributed by atoms with E-state index in [1.54, 1.807) is 30.5 Å². The predicted molar refractivity (Wildman–Crippen MR) is 129 cm³/mol. The number of aromatic hydroxyl groups is 1. The van der Waals surface area contributed by atoms with Crippen LogP contribution in [0, 0.1) is 0 Å². The number of halogens is 1. The zero-order valence-corrected chi connectivity index (χ0v) is 18.3. The van der Waals surface area contributed by atoms with Crippen LogP contribution in [0.3, 0.4) is 0 Å². The summed E-state index contributed by atoms with van der Waals surface area (Å²) in [4.78, 5) is 18.7. The molecule has 1 amide bonds. The number of benzene rings is 2. The summed E-state index contributed by atoms with van der Waals surface area (Å²) in [5, 5.41) is 16.6. The Labute approximate surface area is 187 Å². The first-order chi connectivity index (χ1) is 15.0. The maximum absolute atomic E-state index is 12.5. The van der Waals surface area contributed by atoms with Gasteiger partial charge < -0.3 is 20.6 Å². The van der Waals surface area contributed by atoms with Crippen LogP contribution in [0.1, 0.15) is 29.8 Å². The van der Waals surface area contributed by atoms with Gasteiger partial charge in [-0.2, -0.15) is 0 Å². The average Bonchev–Trinajstić information content (AvgIpc) is 2.80. The number of carbonyl (C=O) groups excluding carboxylic acids is 1. The Morgan fingerprint density at radius 1 is 1.19 bits per heavy atom. The van der Waals surface area contributed by atoms with Crippen molar-refractivity contribution >= 4 is 46.3 Å². The van der Waals surface area contributed by atoms with Crippen LogP contribution in [0.4, 0.5) is 22.7 Å². The van der Waals surface area contributed by atoms with Crippen molar-refractivity contribution in [3.8, 4) is 5.75 Å². The topological polar surface area (TPSA) is 77.5 Å². The van der Waals surface area contributed by atoms with E-state index in [1.165, 1.54) is 6.20 Å². The second-order valence-electron chi connectivity index (χ2n) is 6.79. The van der Waals surface area contributed by atoms with Gasteiger partial charge in [0.25, 0.3) is 5.91 Å². The molecule has 1 heterocycles. The Bertz CT molecular complexity index is 1070. The molecular formula is C24H25ClN4O2. The summed E-state index contributed by atoms with van der Waals surface area (Å²) in [5.41, 5.74) is 3.67. The van der Waals surface area contributed by atoms with Gasteiger partial charge in [-0.25, -0.2) is 0 Å². The summed E-state index contributed by atoms with van der Waals surface area (Å²) < 4.78 is 0. The van der Waals surface area contributed by atoms with Crippen molar-refractivity contribution in [1.82, 2.24) is 4.98 Å². The molecule has 0 saturated carbocycles. The van der Waals surface area contributed by atoms with Crippen molar-refractivity contribution in [1.29, 1.82) is 0 Å². The largest absolute Gasteiger partial charge is 0.504 e. The highest BCUT2D eigenvalue weighted by atomic mass is 35.5. The van der Waals surface area contributed by atoms with Gasteiger partial charge in [0.05, 0.1) is 16.3 Å². The molecular weight excluding hydrogens is 412 g/mol. The zero-order chi connectivity index (χ0) is 22.4. The van der Waals surface area contributed by atoms with E-state index >= 15 is 0 Å². The minimum atomic E-state index is -0.402. The number of hydrogen-bond acceptors (Lipinski definition) is 5. The van der Waals surface area contributed by atoms with Crippen LogP contribution in [0.25, 0.3) is 6.08 Å². The van der Waals surface area contributed by atoms with Crippen molar-refractivity contribution in [3.63, 3.8) is 0 Å². The zero-order valence-electron chi connectivity index (χ0n) is 17.5. The van der Waals surface area contributed by atoms with E-state index < -0.39 is 5.91 Å². The number of nitrogens with zero attached hydrogens (tertiary/aromatic N) is 2. The Hall–Kier alpha value is -3.51. The fraction of sp³-hybridized carbons (Fsp3) is 0.167. The van der Waals surface area contributed by atoms with Gasteiger partial charge in [-0.05, 0) is 56.3 Å². The van der Waals surface area contributed by atoms with Crippen molar-refractivity contribution < 1.29 is 9.90 Å². The predicted octanol–water partition coefficient (Wildman–Crippen LogP) is 5.93. The van der Waals surface area contributed by atoms with E-state index in [9.17, 15) is 9.90 Å². The second-order valence-corrected chi connectivity index (χ2v) is 7.17. The van der Waals surface area contributed by atoms with Crippen LogP contribution in [-0.2, 0) is 0 Å². The number of phenolic OH excluding ortho intramolecular Hbond substituents is 1. The molecule has 7 heteroatoms. The molecule has 1 aromatic heterocycles. The van der Waals surface area contributed by atoms with Gasteiger partial charge in [0, 0.05) is 48.1 Å². The van der Waals surface area contributed by atoms with Crippen LogP contribution in [0.2, 0.25) is 5.02 Å². The fourth-order valence-corrected chi connectivity index (χ4v) is 3.52. The number of phenols is 1. The second kappa shape index (κ2) is 10.00. The lowest BCUT2D eigenvalue weighted by molar-refractivity contribution is 0.102. The number of rotatable bonds is 8. The Balaban J connectivity index is 1.91. The molecule has 0 radical (unpaired) electrons. The molecule has 6 nitrogen and oxygen atoms in total. The van der Waals surface area contributed by atoms with Gasteiger partial charge in [0.1, 0.15) is 0 Å². The van der Waals surface area contributed by atoms with Crippen molar-refractivity contribution in [2.75, 3.05) is 28.6 Å². The molecule has 31 heavy (non-hydrogen) atoms. The summed E-state index contributed by atoms with van der Waals surface area (Å²) in [6, 6.07) is 12.9. The molecule has 0 aliphatic rings. The summed E-state index contributed by atoms with van der Waals surface area (Å²) in [7, 11) is 0. The Morgan fingerprint density at radius 2 is 1.90 bits per heavy atom. The van der Waals surface area contributed by atoms with Crippen LogP contribution in [0.15, 0.2) is 61.4 Å². The molecule has 160 valence electrons. The Morgan fingerprint density at radius 3 is 2.48 bits per heavy atom. The molecule has 0 aliphatic carbocycles. The molecule has 2 aromatic carbocycles. The van der Waals surface area contributed by atoms with Crippen LogP contribution < -0.4 is 15.5 Å². The minimum Gasteiger partial charge on any atom is -0.504 e. The van der Waals surface area contributed by atoms with Gasteiger partial charge in [-0.1, -0.05) is 24.3 Å². The standard InChI is InChI=1S/C24H25ClN4O2/c1-4-19-20(27-17-9-11-18(12-10-17)29(5-2)6-3)14-21(23(30)22(19)25)28-24(31)16-8-7-13-26-15-16/h4,7-15,27,30H,1,5-6H2,2-3H3,(H,28,31). The highest BCUT2D eigenvalue weighted by molar-refractivity contribution is 6.34. The van der Waals surface area contributed by atoms with Crippen molar-refractivity contribution in [2.24, 2.45) is 0 Å².